The minimum atomic E-state index is -0.347. The predicted octanol–water partition coefficient (Wildman–Crippen LogP) is 3.61. The molecule has 0 aromatic heterocycles. The van der Waals surface area contributed by atoms with Gasteiger partial charge in [0.1, 0.15) is 5.82 Å². The third-order valence-electron chi connectivity index (χ3n) is 3.78. The van der Waals surface area contributed by atoms with Gasteiger partial charge in [-0.15, -0.1) is 0 Å². The van der Waals surface area contributed by atoms with E-state index in [-0.39, 0.29) is 11.7 Å². The van der Waals surface area contributed by atoms with Crippen LogP contribution in [-0.4, -0.2) is 26.7 Å². The van der Waals surface area contributed by atoms with Gasteiger partial charge < -0.3 is 14.8 Å². The molecule has 2 rings (SSSR count). The Hall–Kier alpha value is -2.82. The molecule has 1 amide bonds. The molecule has 5 heteroatoms. The van der Waals surface area contributed by atoms with Gasteiger partial charge in [0, 0.05) is 17.7 Å². The summed E-state index contributed by atoms with van der Waals surface area (Å²) in [5.41, 5.74) is 1.88. The van der Waals surface area contributed by atoms with Crippen molar-refractivity contribution in [2.75, 3.05) is 20.8 Å². The second-order valence-electron chi connectivity index (χ2n) is 5.54. The largest absolute Gasteiger partial charge is 0.493 e. The number of methoxy groups -OCH3 is 2. The van der Waals surface area contributed by atoms with Crippen molar-refractivity contribution in [1.82, 2.24) is 5.32 Å². The fourth-order valence-electron chi connectivity index (χ4n) is 2.39. The van der Waals surface area contributed by atoms with E-state index in [2.05, 4.69) is 5.32 Å². The van der Waals surface area contributed by atoms with Crippen molar-refractivity contribution >= 4 is 12.0 Å². The molecule has 2 aromatic carbocycles. The Bertz CT molecular complexity index is 771. The molecule has 132 valence electrons. The molecular formula is C20H22FNO3. The number of halogens is 1. The summed E-state index contributed by atoms with van der Waals surface area (Å²) in [6.07, 6.45) is 2.19. The van der Waals surface area contributed by atoms with E-state index in [9.17, 15) is 9.18 Å². The third-order valence-corrected chi connectivity index (χ3v) is 3.78. The van der Waals surface area contributed by atoms with Gasteiger partial charge in [-0.1, -0.05) is 24.3 Å². The fraction of sp³-hybridized carbons (Fsp3) is 0.250. The van der Waals surface area contributed by atoms with Crippen molar-refractivity contribution < 1.29 is 18.7 Å². The van der Waals surface area contributed by atoms with Gasteiger partial charge in [0.25, 0.3) is 0 Å². The molecule has 25 heavy (non-hydrogen) atoms. The minimum Gasteiger partial charge on any atom is -0.493 e. The number of amides is 1. The van der Waals surface area contributed by atoms with Crippen molar-refractivity contribution in [3.63, 3.8) is 0 Å². The molecule has 0 atom stereocenters. The van der Waals surface area contributed by atoms with Crippen LogP contribution in [0.15, 0.2) is 48.0 Å². The van der Waals surface area contributed by atoms with E-state index in [0.717, 1.165) is 5.56 Å². The summed E-state index contributed by atoms with van der Waals surface area (Å²) in [5.74, 6) is 0.754. The van der Waals surface area contributed by atoms with E-state index in [1.807, 2.05) is 18.2 Å². The molecule has 0 saturated carbocycles. The average Bonchev–Trinajstić information content (AvgIpc) is 2.63. The molecule has 0 saturated heterocycles. The van der Waals surface area contributed by atoms with Crippen molar-refractivity contribution in [2.45, 2.75) is 13.3 Å². The molecule has 4 nitrogen and oxygen atoms in total. The number of ether oxygens (including phenoxy) is 2. The molecule has 0 heterocycles. The van der Waals surface area contributed by atoms with E-state index >= 15 is 0 Å². The Morgan fingerprint density at radius 1 is 1.12 bits per heavy atom. The molecule has 0 spiro atoms. The molecule has 0 unspecified atom stereocenters. The number of nitrogens with one attached hydrogen (secondary N) is 1. The lowest BCUT2D eigenvalue weighted by Gasteiger charge is -2.10. The lowest BCUT2D eigenvalue weighted by molar-refractivity contribution is -0.117. The van der Waals surface area contributed by atoms with Gasteiger partial charge in [0.15, 0.2) is 11.5 Å². The van der Waals surface area contributed by atoms with E-state index < -0.39 is 0 Å². The Kier molecular flexibility index (Phi) is 6.57. The SMILES string of the molecule is COc1ccc(CCNC(=O)/C(C)=C/c2ccccc2F)cc1OC. The first-order valence-corrected chi connectivity index (χ1v) is 7.97. The van der Waals surface area contributed by atoms with E-state index in [1.165, 1.54) is 6.07 Å². The van der Waals surface area contributed by atoms with Crippen molar-refractivity contribution in [3.05, 3.63) is 65.0 Å². The Balaban J connectivity index is 1.93. The molecule has 2 aromatic rings. The van der Waals surface area contributed by atoms with E-state index in [0.29, 0.717) is 35.6 Å². The fourth-order valence-corrected chi connectivity index (χ4v) is 2.39. The van der Waals surface area contributed by atoms with Gasteiger partial charge in [-0.25, -0.2) is 4.39 Å². The van der Waals surface area contributed by atoms with Crippen LogP contribution in [0.3, 0.4) is 0 Å². The maximum absolute atomic E-state index is 13.6. The summed E-state index contributed by atoms with van der Waals surface area (Å²) < 4.78 is 24.1. The summed E-state index contributed by atoms with van der Waals surface area (Å²) in [6, 6.07) is 12.0. The zero-order valence-corrected chi connectivity index (χ0v) is 14.6. The maximum Gasteiger partial charge on any atom is 0.246 e. The Labute approximate surface area is 147 Å². The highest BCUT2D eigenvalue weighted by Crippen LogP contribution is 2.27. The summed E-state index contributed by atoms with van der Waals surface area (Å²) in [4.78, 5) is 12.1. The van der Waals surface area contributed by atoms with Crippen molar-refractivity contribution in [3.8, 4) is 11.5 Å². The standard InChI is InChI=1S/C20H22FNO3/c1-14(12-16-6-4-5-7-17(16)21)20(23)22-11-10-15-8-9-18(24-2)19(13-15)25-3/h4-9,12-13H,10-11H2,1-3H3,(H,22,23)/b14-12+. The Morgan fingerprint density at radius 2 is 1.84 bits per heavy atom. The number of carbonyl (C=O) groups is 1. The maximum atomic E-state index is 13.6. The topological polar surface area (TPSA) is 47.6 Å². The van der Waals surface area contributed by atoms with Gasteiger partial charge in [-0.05, 0) is 43.2 Å². The average molecular weight is 343 g/mol. The third kappa shape index (κ3) is 5.08. The zero-order valence-electron chi connectivity index (χ0n) is 14.6. The number of benzene rings is 2. The monoisotopic (exact) mass is 343 g/mol. The van der Waals surface area contributed by atoms with Gasteiger partial charge in [-0.2, -0.15) is 0 Å². The van der Waals surface area contributed by atoms with Crippen molar-refractivity contribution in [2.24, 2.45) is 0 Å². The van der Waals surface area contributed by atoms with Gasteiger partial charge in [0.05, 0.1) is 14.2 Å². The lowest BCUT2D eigenvalue weighted by atomic mass is 10.1. The molecule has 0 aliphatic heterocycles. The number of hydrogen-bond donors (Lipinski definition) is 1. The second kappa shape index (κ2) is 8.87. The summed E-state index contributed by atoms with van der Waals surface area (Å²) in [7, 11) is 3.17. The van der Waals surface area contributed by atoms with Crippen LogP contribution < -0.4 is 14.8 Å². The molecule has 0 fully saturated rings. The summed E-state index contributed by atoms with van der Waals surface area (Å²) in [5, 5.41) is 2.83. The first kappa shape index (κ1) is 18.5. The first-order valence-electron chi connectivity index (χ1n) is 7.97. The number of hydrogen-bond acceptors (Lipinski definition) is 3. The normalized spacial score (nSPS) is 11.1. The van der Waals surface area contributed by atoms with Gasteiger partial charge in [0.2, 0.25) is 5.91 Å². The highest BCUT2D eigenvalue weighted by atomic mass is 19.1. The van der Waals surface area contributed by atoms with Crippen LogP contribution in [0.2, 0.25) is 0 Å². The van der Waals surface area contributed by atoms with Crippen LogP contribution in [0.25, 0.3) is 6.08 Å². The van der Waals surface area contributed by atoms with E-state index in [1.54, 1.807) is 45.4 Å². The minimum absolute atomic E-state index is 0.219. The lowest BCUT2D eigenvalue weighted by Crippen LogP contribution is -2.26. The second-order valence-corrected chi connectivity index (χ2v) is 5.54. The zero-order chi connectivity index (χ0) is 18.2. The summed E-state index contributed by atoms with van der Waals surface area (Å²) in [6.45, 7) is 2.13. The van der Waals surface area contributed by atoms with Gasteiger partial charge in [-0.3, -0.25) is 4.79 Å². The quantitative estimate of drug-likeness (QED) is 0.782. The van der Waals surface area contributed by atoms with Crippen LogP contribution in [0.1, 0.15) is 18.1 Å². The van der Waals surface area contributed by atoms with Crippen LogP contribution in [0, 0.1) is 5.82 Å². The smallest absolute Gasteiger partial charge is 0.246 e. The van der Waals surface area contributed by atoms with Crippen molar-refractivity contribution in [1.29, 1.82) is 0 Å². The van der Waals surface area contributed by atoms with Crippen LogP contribution in [0.5, 0.6) is 11.5 Å². The first-order chi connectivity index (χ1) is 12.0. The highest BCUT2D eigenvalue weighted by Gasteiger charge is 2.07. The molecule has 0 aliphatic carbocycles. The molecule has 0 aliphatic rings. The molecular weight excluding hydrogens is 321 g/mol. The van der Waals surface area contributed by atoms with Crippen LogP contribution in [-0.2, 0) is 11.2 Å². The number of carbonyl (C=O) groups excluding carboxylic acids is 1. The summed E-state index contributed by atoms with van der Waals surface area (Å²) >= 11 is 0. The molecule has 0 radical (unpaired) electrons. The molecule has 0 bridgehead atoms. The molecule has 1 N–H and O–H groups in total. The van der Waals surface area contributed by atoms with Crippen LogP contribution in [0.4, 0.5) is 4.39 Å². The predicted molar refractivity (Wildman–Crippen MR) is 96.3 cm³/mol. The number of rotatable bonds is 7. The highest BCUT2D eigenvalue weighted by molar-refractivity contribution is 5.97. The van der Waals surface area contributed by atoms with Gasteiger partial charge >= 0.3 is 0 Å². The Morgan fingerprint density at radius 3 is 2.52 bits per heavy atom. The van der Waals surface area contributed by atoms with Crippen LogP contribution >= 0.6 is 0 Å². The van der Waals surface area contributed by atoms with E-state index in [4.69, 9.17) is 9.47 Å².